The topological polar surface area (TPSA) is 38.8 Å². The third-order valence-corrected chi connectivity index (χ3v) is 3.41. The van der Waals surface area contributed by atoms with Crippen molar-refractivity contribution < 1.29 is 14.3 Å². The summed E-state index contributed by atoms with van der Waals surface area (Å²) in [6.45, 7) is 0.874. The smallest absolute Gasteiger partial charge is 0.257 e. The number of para-hydroxylation sites is 1. The number of amides is 1. The summed E-state index contributed by atoms with van der Waals surface area (Å²) in [4.78, 5) is 14.0. The average molecular weight is 320 g/mol. The monoisotopic (exact) mass is 319 g/mol. The summed E-state index contributed by atoms with van der Waals surface area (Å²) in [6, 6.07) is 14.5. The van der Waals surface area contributed by atoms with Crippen LogP contribution in [0.15, 0.2) is 48.5 Å². The summed E-state index contributed by atoms with van der Waals surface area (Å²) < 4.78 is 10.8. The number of hydrogen-bond acceptors (Lipinski definition) is 3. The van der Waals surface area contributed by atoms with E-state index in [1.807, 2.05) is 30.3 Å². The largest absolute Gasteiger partial charge is 0.496 e. The molecule has 0 aliphatic rings. The van der Waals surface area contributed by atoms with Gasteiger partial charge >= 0.3 is 0 Å². The van der Waals surface area contributed by atoms with Gasteiger partial charge in [0.25, 0.3) is 5.91 Å². The van der Waals surface area contributed by atoms with Gasteiger partial charge < -0.3 is 14.4 Å². The number of halogens is 1. The molecular weight excluding hydrogens is 302 g/mol. The first-order valence-electron chi connectivity index (χ1n) is 6.88. The minimum Gasteiger partial charge on any atom is -0.496 e. The van der Waals surface area contributed by atoms with E-state index in [1.165, 1.54) is 7.11 Å². The van der Waals surface area contributed by atoms with Crippen molar-refractivity contribution in [1.29, 1.82) is 0 Å². The number of nitrogens with zero attached hydrogens (tertiary/aromatic N) is 1. The van der Waals surface area contributed by atoms with E-state index in [4.69, 9.17) is 21.1 Å². The fraction of sp³-hybridized carbons (Fsp3) is 0.235. The second kappa shape index (κ2) is 7.71. The predicted molar refractivity (Wildman–Crippen MR) is 86.9 cm³/mol. The lowest BCUT2D eigenvalue weighted by Gasteiger charge is -2.19. The van der Waals surface area contributed by atoms with E-state index >= 15 is 0 Å². The van der Waals surface area contributed by atoms with E-state index in [-0.39, 0.29) is 5.91 Å². The first-order chi connectivity index (χ1) is 10.6. The summed E-state index contributed by atoms with van der Waals surface area (Å²) in [5.41, 5.74) is 0.442. The molecule has 2 aromatic carbocycles. The Morgan fingerprint density at radius 3 is 2.59 bits per heavy atom. The Morgan fingerprint density at radius 2 is 1.91 bits per heavy atom. The standard InChI is InChI=1S/C17H18ClNO3/c1-19(10-11-22-14-6-4-3-5-7-14)17(20)15-12-13(18)8-9-16(15)21-2/h3-9,12H,10-11H2,1-2H3. The Kier molecular flexibility index (Phi) is 5.67. The first-order valence-corrected chi connectivity index (χ1v) is 7.26. The molecule has 0 bridgehead atoms. The highest BCUT2D eigenvalue weighted by molar-refractivity contribution is 6.31. The lowest BCUT2D eigenvalue weighted by Crippen LogP contribution is -2.31. The van der Waals surface area contributed by atoms with Crippen molar-refractivity contribution >= 4 is 17.5 Å². The van der Waals surface area contributed by atoms with Crippen LogP contribution in [0.5, 0.6) is 11.5 Å². The molecule has 0 aliphatic carbocycles. The summed E-state index contributed by atoms with van der Waals surface area (Å²) in [6.07, 6.45) is 0. The molecule has 2 aromatic rings. The van der Waals surface area contributed by atoms with E-state index < -0.39 is 0 Å². The zero-order chi connectivity index (χ0) is 15.9. The molecule has 0 N–H and O–H groups in total. The molecule has 0 aliphatic heterocycles. The maximum absolute atomic E-state index is 12.5. The minimum absolute atomic E-state index is 0.156. The Morgan fingerprint density at radius 1 is 1.18 bits per heavy atom. The molecule has 22 heavy (non-hydrogen) atoms. The predicted octanol–water partition coefficient (Wildman–Crippen LogP) is 3.50. The molecule has 0 aromatic heterocycles. The second-order valence-corrected chi connectivity index (χ2v) is 5.17. The molecule has 0 saturated carbocycles. The maximum Gasteiger partial charge on any atom is 0.257 e. The van der Waals surface area contributed by atoms with Gasteiger partial charge in [-0.05, 0) is 30.3 Å². The zero-order valence-corrected chi connectivity index (χ0v) is 13.3. The Hall–Kier alpha value is -2.20. The molecule has 0 radical (unpaired) electrons. The fourth-order valence-corrected chi connectivity index (χ4v) is 2.14. The van der Waals surface area contributed by atoms with Crippen molar-refractivity contribution in [1.82, 2.24) is 4.90 Å². The van der Waals surface area contributed by atoms with Crippen molar-refractivity contribution in [2.24, 2.45) is 0 Å². The van der Waals surface area contributed by atoms with Crippen LogP contribution in [0.1, 0.15) is 10.4 Å². The SMILES string of the molecule is COc1ccc(Cl)cc1C(=O)N(C)CCOc1ccccc1. The van der Waals surface area contributed by atoms with E-state index in [1.54, 1.807) is 30.1 Å². The summed E-state index contributed by atoms with van der Waals surface area (Å²) in [7, 11) is 3.25. The lowest BCUT2D eigenvalue weighted by molar-refractivity contribution is 0.0770. The van der Waals surface area contributed by atoms with Crippen LogP contribution >= 0.6 is 11.6 Å². The van der Waals surface area contributed by atoms with Crippen molar-refractivity contribution in [2.45, 2.75) is 0 Å². The quantitative estimate of drug-likeness (QED) is 0.818. The van der Waals surface area contributed by atoms with Crippen LogP contribution in [0.3, 0.4) is 0 Å². The normalized spacial score (nSPS) is 10.1. The number of carbonyl (C=O) groups is 1. The number of hydrogen-bond donors (Lipinski definition) is 0. The Balaban J connectivity index is 1.96. The van der Waals surface area contributed by atoms with Crippen molar-refractivity contribution in [3.8, 4) is 11.5 Å². The molecular formula is C17H18ClNO3. The number of methoxy groups -OCH3 is 1. The van der Waals surface area contributed by atoms with Crippen LogP contribution in [0, 0.1) is 0 Å². The van der Waals surface area contributed by atoms with Gasteiger partial charge in [-0.1, -0.05) is 29.8 Å². The van der Waals surface area contributed by atoms with Crippen molar-refractivity contribution in [3.05, 3.63) is 59.1 Å². The summed E-state index contributed by atoms with van der Waals surface area (Å²) in [5.74, 6) is 1.13. The molecule has 5 heteroatoms. The van der Waals surface area contributed by atoms with Crippen LogP contribution in [0.2, 0.25) is 5.02 Å². The number of likely N-dealkylation sites (N-methyl/N-ethyl adjacent to an activating group) is 1. The number of rotatable bonds is 6. The van der Waals surface area contributed by atoms with E-state index in [2.05, 4.69) is 0 Å². The molecule has 2 rings (SSSR count). The van der Waals surface area contributed by atoms with E-state index in [0.29, 0.717) is 29.5 Å². The van der Waals surface area contributed by atoms with Gasteiger partial charge in [-0.25, -0.2) is 0 Å². The molecule has 0 heterocycles. The summed E-state index contributed by atoms with van der Waals surface area (Å²) >= 11 is 5.96. The van der Waals surface area contributed by atoms with Gasteiger partial charge in [-0.2, -0.15) is 0 Å². The third kappa shape index (κ3) is 4.15. The first kappa shape index (κ1) is 16.2. The second-order valence-electron chi connectivity index (χ2n) is 4.73. The Bertz CT molecular complexity index is 631. The molecule has 0 unspecified atom stereocenters. The van der Waals surface area contributed by atoms with E-state index in [9.17, 15) is 4.79 Å². The van der Waals surface area contributed by atoms with Crippen LogP contribution in [-0.4, -0.2) is 38.1 Å². The van der Waals surface area contributed by atoms with Gasteiger partial charge in [0, 0.05) is 12.1 Å². The number of carbonyl (C=O) groups excluding carboxylic acids is 1. The van der Waals surface area contributed by atoms with Gasteiger partial charge in [0.15, 0.2) is 0 Å². The molecule has 116 valence electrons. The van der Waals surface area contributed by atoms with Crippen LogP contribution in [0.25, 0.3) is 0 Å². The van der Waals surface area contributed by atoms with E-state index in [0.717, 1.165) is 5.75 Å². The zero-order valence-electron chi connectivity index (χ0n) is 12.6. The van der Waals surface area contributed by atoms with Crippen molar-refractivity contribution in [3.63, 3.8) is 0 Å². The molecule has 0 atom stereocenters. The maximum atomic E-state index is 12.5. The molecule has 1 amide bonds. The molecule has 0 spiro atoms. The highest BCUT2D eigenvalue weighted by Crippen LogP contribution is 2.23. The fourth-order valence-electron chi connectivity index (χ4n) is 1.97. The van der Waals surface area contributed by atoms with Gasteiger partial charge in [-0.3, -0.25) is 4.79 Å². The van der Waals surface area contributed by atoms with Gasteiger partial charge in [0.05, 0.1) is 19.2 Å². The number of benzene rings is 2. The van der Waals surface area contributed by atoms with Gasteiger partial charge in [0.2, 0.25) is 0 Å². The van der Waals surface area contributed by atoms with Gasteiger partial charge in [0.1, 0.15) is 18.1 Å². The van der Waals surface area contributed by atoms with Gasteiger partial charge in [-0.15, -0.1) is 0 Å². The molecule has 0 saturated heterocycles. The average Bonchev–Trinajstić information content (AvgIpc) is 2.55. The highest BCUT2D eigenvalue weighted by Gasteiger charge is 2.17. The highest BCUT2D eigenvalue weighted by atomic mass is 35.5. The minimum atomic E-state index is -0.156. The Labute approximate surface area is 135 Å². The molecule has 0 fully saturated rings. The third-order valence-electron chi connectivity index (χ3n) is 3.18. The van der Waals surface area contributed by atoms with Crippen LogP contribution in [-0.2, 0) is 0 Å². The molecule has 4 nitrogen and oxygen atoms in total. The van der Waals surface area contributed by atoms with Crippen molar-refractivity contribution in [2.75, 3.05) is 27.3 Å². The number of ether oxygens (including phenoxy) is 2. The van der Waals surface area contributed by atoms with Crippen LogP contribution in [0.4, 0.5) is 0 Å². The lowest BCUT2D eigenvalue weighted by atomic mass is 10.1. The van der Waals surface area contributed by atoms with Crippen LogP contribution < -0.4 is 9.47 Å². The summed E-state index contributed by atoms with van der Waals surface area (Å²) in [5, 5.41) is 0.498.